The highest BCUT2D eigenvalue weighted by molar-refractivity contribution is 6.30. The van der Waals surface area contributed by atoms with E-state index >= 15 is 0 Å². The molecule has 0 radical (unpaired) electrons. The molecule has 0 aliphatic rings. The fraction of sp³-hybridized carbons (Fsp3) is 0.200. The lowest BCUT2D eigenvalue weighted by Crippen LogP contribution is -2.25. The Labute approximate surface area is 186 Å². The molecule has 0 bridgehead atoms. The molecule has 5 rings (SSSR count). The summed E-state index contributed by atoms with van der Waals surface area (Å²) in [6, 6.07) is 6.93. The molecule has 0 fully saturated rings. The lowest BCUT2D eigenvalue weighted by atomic mass is 10.3. The first-order valence-electron chi connectivity index (χ1n) is 9.66. The van der Waals surface area contributed by atoms with E-state index in [1.54, 1.807) is 36.1 Å². The molecule has 0 spiro atoms. The highest BCUT2D eigenvalue weighted by Gasteiger charge is 2.16. The van der Waals surface area contributed by atoms with E-state index in [4.69, 9.17) is 16.3 Å². The number of nitrogens with zero attached hydrogens (tertiary/aromatic N) is 8. The van der Waals surface area contributed by atoms with Gasteiger partial charge in [0.05, 0.1) is 18.4 Å². The summed E-state index contributed by atoms with van der Waals surface area (Å²) in [5.41, 5.74) is 1.68. The van der Waals surface area contributed by atoms with Gasteiger partial charge in [-0.05, 0) is 31.2 Å². The maximum Gasteiger partial charge on any atom is 0.280 e. The summed E-state index contributed by atoms with van der Waals surface area (Å²) in [6.45, 7) is 1.96. The average molecular weight is 452 g/mol. The summed E-state index contributed by atoms with van der Waals surface area (Å²) in [5, 5.41) is 4.99. The van der Waals surface area contributed by atoms with Crippen molar-refractivity contribution in [3.63, 3.8) is 0 Å². The number of hydrogen-bond donors (Lipinski definition) is 1. The first kappa shape index (κ1) is 19.9. The predicted molar refractivity (Wildman–Crippen MR) is 119 cm³/mol. The van der Waals surface area contributed by atoms with Crippen molar-refractivity contribution in [2.75, 3.05) is 19.0 Å². The summed E-state index contributed by atoms with van der Waals surface area (Å²) >= 11 is 5.90. The quantitative estimate of drug-likeness (QED) is 0.432. The molecule has 0 saturated carbocycles. The van der Waals surface area contributed by atoms with Crippen molar-refractivity contribution in [2.24, 2.45) is 0 Å². The van der Waals surface area contributed by atoms with E-state index in [1.165, 1.54) is 21.6 Å². The van der Waals surface area contributed by atoms with E-state index in [2.05, 4.69) is 30.0 Å². The van der Waals surface area contributed by atoms with Gasteiger partial charge in [0.25, 0.3) is 5.56 Å². The van der Waals surface area contributed by atoms with Crippen LogP contribution in [-0.2, 0) is 6.54 Å². The Bertz CT molecular complexity index is 1500. The summed E-state index contributed by atoms with van der Waals surface area (Å²) in [6.07, 6.45) is 2.95. The fourth-order valence-electron chi connectivity index (χ4n) is 3.30. The van der Waals surface area contributed by atoms with E-state index in [-0.39, 0.29) is 12.1 Å². The Kier molecular flexibility index (Phi) is 4.74. The van der Waals surface area contributed by atoms with Crippen LogP contribution in [0.1, 0.15) is 11.5 Å². The van der Waals surface area contributed by atoms with E-state index in [9.17, 15) is 4.79 Å². The number of rotatable bonds is 5. The van der Waals surface area contributed by atoms with Gasteiger partial charge in [0, 0.05) is 19.1 Å². The van der Waals surface area contributed by atoms with Crippen LogP contribution in [0.4, 0.5) is 5.95 Å². The minimum atomic E-state index is -0.216. The van der Waals surface area contributed by atoms with Crippen molar-refractivity contribution in [2.45, 2.75) is 13.5 Å². The Hall–Kier alpha value is -3.99. The molecular formula is C20H18ClN9O2. The second kappa shape index (κ2) is 7.61. The standard InChI is InChI=1S/C20H18ClN9O2/c1-11-16-19(31)29(10-23-30(16)20(24-11)28(2)3)9-14-25-17-18(26-14)27-15(8-22-17)32-13-6-4-12(21)5-7-13/h4-8,10H,9H2,1-3H3,(H,22,25,26,27). The second-order valence-electron chi connectivity index (χ2n) is 7.34. The van der Waals surface area contributed by atoms with Gasteiger partial charge >= 0.3 is 0 Å². The van der Waals surface area contributed by atoms with Gasteiger partial charge in [-0.2, -0.15) is 14.6 Å². The van der Waals surface area contributed by atoms with E-state index in [0.29, 0.717) is 50.9 Å². The Morgan fingerprint density at radius 2 is 1.94 bits per heavy atom. The number of nitrogens with one attached hydrogen (secondary N) is 1. The van der Waals surface area contributed by atoms with Crippen molar-refractivity contribution >= 4 is 34.4 Å². The molecule has 11 nitrogen and oxygen atoms in total. The van der Waals surface area contributed by atoms with Crippen LogP contribution in [0.15, 0.2) is 41.6 Å². The summed E-state index contributed by atoms with van der Waals surface area (Å²) in [5.74, 6) is 2.00. The number of aryl methyl sites for hydroxylation is 1. The zero-order valence-corrected chi connectivity index (χ0v) is 18.2. The molecule has 0 saturated heterocycles. The van der Waals surface area contributed by atoms with Gasteiger partial charge < -0.3 is 14.6 Å². The van der Waals surface area contributed by atoms with Crippen molar-refractivity contribution in [3.05, 3.63) is 63.7 Å². The maximum absolute atomic E-state index is 13.0. The highest BCUT2D eigenvalue weighted by atomic mass is 35.5. The Balaban J connectivity index is 1.44. The summed E-state index contributed by atoms with van der Waals surface area (Å²) in [7, 11) is 3.70. The molecule has 0 amide bonds. The SMILES string of the molecule is Cc1nc(N(C)C)n2ncn(Cc3nc4ncc(Oc5ccc(Cl)cc5)nc4[nH]3)c(=O)c12. The number of aromatic nitrogens is 8. The second-order valence-corrected chi connectivity index (χ2v) is 7.77. The van der Waals surface area contributed by atoms with Crippen LogP contribution in [-0.4, -0.2) is 53.2 Å². The lowest BCUT2D eigenvalue weighted by molar-refractivity contribution is 0.462. The van der Waals surface area contributed by atoms with E-state index in [0.717, 1.165) is 0 Å². The summed E-state index contributed by atoms with van der Waals surface area (Å²) < 4.78 is 8.71. The van der Waals surface area contributed by atoms with Crippen molar-refractivity contribution in [3.8, 4) is 11.6 Å². The van der Waals surface area contributed by atoms with Crippen LogP contribution in [0, 0.1) is 6.92 Å². The fourth-order valence-corrected chi connectivity index (χ4v) is 3.42. The van der Waals surface area contributed by atoms with Gasteiger partial charge in [-0.15, -0.1) is 0 Å². The first-order valence-corrected chi connectivity index (χ1v) is 10.0. The predicted octanol–water partition coefficient (Wildman–Crippen LogP) is 2.43. The summed E-state index contributed by atoms with van der Waals surface area (Å²) in [4.78, 5) is 35.5. The Morgan fingerprint density at radius 3 is 2.69 bits per heavy atom. The minimum Gasteiger partial charge on any atom is -0.437 e. The number of fused-ring (bicyclic) bond motifs is 2. The number of H-pyrrole nitrogens is 1. The first-order chi connectivity index (χ1) is 15.4. The molecular weight excluding hydrogens is 434 g/mol. The third-order valence-electron chi connectivity index (χ3n) is 4.77. The van der Waals surface area contributed by atoms with Crippen LogP contribution in [0.5, 0.6) is 11.6 Å². The number of hydrogen-bond acceptors (Lipinski definition) is 8. The third-order valence-corrected chi connectivity index (χ3v) is 5.02. The minimum absolute atomic E-state index is 0.176. The Morgan fingerprint density at radius 1 is 1.16 bits per heavy atom. The van der Waals surface area contributed by atoms with Crippen LogP contribution < -0.4 is 15.2 Å². The molecule has 0 aliphatic heterocycles. The molecule has 1 N–H and O–H groups in total. The molecule has 0 aliphatic carbocycles. The normalized spacial score (nSPS) is 11.4. The number of ether oxygens (including phenoxy) is 1. The number of benzene rings is 1. The lowest BCUT2D eigenvalue weighted by Gasteiger charge is -2.09. The largest absolute Gasteiger partial charge is 0.437 e. The molecule has 32 heavy (non-hydrogen) atoms. The van der Waals surface area contributed by atoms with Crippen molar-refractivity contribution in [1.82, 2.24) is 39.1 Å². The number of anilines is 1. The molecule has 162 valence electrons. The molecule has 1 aromatic carbocycles. The van der Waals surface area contributed by atoms with Crippen LogP contribution >= 0.6 is 11.6 Å². The molecule has 12 heteroatoms. The van der Waals surface area contributed by atoms with Gasteiger partial charge in [0.1, 0.15) is 17.9 Å². The third kappa shape index (κ3) is 3.52. The number of halogens is 1. The monoisotopic (exact) mass is 451 g/mol. The molecule has 0 atom stereocenters. The van der Waals surface area contributed by atoms with Crippen LogP contribution in [0.2, 0.25) is 5.02 Å². The zero-order valence-electron chi connectivity index (χ0n) is 17.4. The number of imidazole rings is 2. The number of aromatic amines is 1. The highest BCUT2D eigenvalue weighted by Crippen LogP contribution is 2.22. The van der Waals surface area contributed by atoms with Crippen molar-refractivity contribution in [1.29, 1.82) is 0 Å². The van der Waals surface area contributed by atoms with Gasteiger partial charge in [-0.1, -0.05) is 11.6 Å². The average Bonchev–Trinajstić information content (AvgIpc) is 3.32. The molecule has 4 aromatic heterocycles. The van der Waals surface area contributed by atoms with Gasteiger partial charge in [-0.3, -0.25) is 9.36 Å². The smallest absolute Gasteiger partial charge is 0.280 e. The van der Waals surface area contributed by atoms with Gasteiger partial charge in [-0.25, -0.2) is 15.0 Å². The van der Waals surface area contributed by atoms with E-state index in [1.807, 2.05) is 14.1 Å². The molecule has 0 unspecified atom stereocenters. The molecule has 5 aromatic rings. The van der Waals surface area contributed by atoms with Gasteiger partial charge in [0.15, 0.2) is 16.8 Å². The van der Waals surface area contributed by atoms with Crippen LogP contribution in [0.3, 0.4) is 0 Å². The maximum atomic E-state index is 13.0. The zero-order chi connectivity index (χ0) is 22.4. The van der Waals surface area contributed by atoms with Crippen LogP contribution in [0.25, 0.3) is 16.8 Å². The van der Waals surface area contributed by atoms with E-state index < -0.39 is 0 Å². The topological polar surface area (TPSA) is 119 Å². The molecule has 4 heterocycles. The van der Waals surface area contributed by atoms with Gasteiger partial charge in [0.2, 0.25) is 11.8 Å². The van der Waals surface area contributed by atoms with Crippen molar-refractivity contribution < 1.29 is 4.74 Å².